The smallest absolute Gasteiger partial charge is 0.251 e. The standard InChI is InChI=1S/C20H20BrClFNO3/c21-17-15(22)10-14(11-16(17)23)19(26)24-18(13-4-2-1-3-5-13)20(12-25)6-8-27-9-7-20/h1-5,10-11,18,25H,6-9,12H2,(H,24,26). The van der Waals surface area contributed by atoms with Gasteiger partial charge in [-0.3, -0.25) is 4.79 Å². The molecule has 2 aromatic carbocycles. The Morgan fingerprint density at radius 2 is 1.96 bits per heavy atom. The number of nitrogens with one attached hydrogen (secondary N) is 1. The molecule has 0 saturated carbocycles. The van der Waals surface area contributed by atoms with Crippen molar-refractivity contribution in [1.29, 1.82) is 0 Å². The third-order valence-electron chi connectivity index (χ3n) is 5.07. The lowest BCUT2D eigenvalue weighted by Gasteiger charge is -2.42. The monoisotopic (exact) mass is 455 g/mol. The summed E-state index contributed by atoms with van der Waals surface area (Å²) < 4.78 is 19.6. The molecule has 0 bridgehead atoms. The van der Waals surface area contributed by atoms with Crippen molar-refractivity contribution in [2.45, 2.75) is 18.9 Å². The Morgan fingerprint density at radius 1 is 1.30 bits per heavy atom. The molecule has 1 fully saturated rings. The Balaban J connectivity index is 1.95. The number of halogens is 3. The van der Waals surface area contributed by atoms with Gasteiger partial charge in [0.1, 0.15) is 5.82 Å². The minimum atomic E-state index is -0.605. The summed E-state index contributed by atoms with van der Waals surface area (Å²) in [5.74, 6) is -1.05. The minimum Gasteiger partial charge on any atom is -0.396 e. The molecule has 0 radical (unpaired) electrons. The molecule has 2 aromatic rings. The van der Waals surface area contributed by atoms with Crippen molar-refractivity contribution in [3.63, 3.8) is 0 Å². The topological polar surface area (TPSA) is 58.6 Å². The lowest BCUT2D eigenvalue weighted by molar-refractivity contribution is -0.0369. The summed E-state index contributed by atoms with van der Waals surface area (Å²) in [4.78, 5) is 12.9. The predicted molar refractivity (Wildman–Crippen MR) is 105 cm³/mol. The second-order valence-electron chi connectivity index (χ2n) is 6.70. The largest absolute Gasteiger partial charge is 0.396 e. The van der Waals surface area contributed by atoms with Gasteiger partial charge in [-0.25, -0.2) is 4.39 Å². The first-order valence-corrected chi connectivity index (χ1v) is 9.83. The van der Waals surface area contributed by atoms with Gasteiger partial charge in [0.15, 0.2) is 0 Å². The number of hydrogen-bond donors (Lipinski definition) is 2. The molecule has 7 heteroatoms. The number of hydrogen-bond acceptors (Lipinski definition) is 3. The van der Waals surface area contributed by atoms with E-state index in [4.69, 9.17) is 16.3 Å². The first-order valence-electron chi connectivity index (χ1n) is 8.66. The van der Waals surface area contributed by atoms with Crippen molar-refractivity contribution in [3.8, 4) is 0 Å². The first-order chi connectivity index (χ1) is 13.0. The lowest BCUT2D eigenvalue weighted by Crippen LogP contribution is -2.46. The summed E-state index contributed by atoms with van der Waals surface area (Å²) in [5.41, 5.74) is 0.458. The highest BCUT2D eigenvalue weighted by Crippen LogP contribution is 2.42. The van der Waals surface area contributed by atoms with Gasteiger partial charge in [-0.15, -0.1) is 0 Å². The molecule has 1 saturated heterocycles. The predicted octanol–water partition coefficient (Wildman–Crippen LogP) is 4.50. The van der Waals surface area contributed by atoms with E-state index in [1.54, 1.807) is 0 Å². The third kappa shape index (κ3) is 4.35. The van der Waals surface area contributed by atoms with Crippen LogP contribution in [0, 0.1) is 11.2 Å². The van der Waals surface area contributed by atoms with Gasteiger partial charge in [-0.1, -0.05) is 41.9 Å². The van der Waals surface area contributed by atoms with E-state index in [0.717, 1.165) is 11.6 Å². The SMILES string of the molecule is O=C(NC(c1ccccc1)C1(CO)CCOCC1)c1cc(F)c(Br)c(Cl)c1. The summed E-state index contributed by atoms with van der Waals surface area (Å²) in [7, 11) is 0. The molecule has 0 aromatic heterocycles. The average molecular weight is 457 g/mol. The normalized spacial score (nSPS) is 17.3. The number of benzene rings is 2. The molecule has 144 valence electrons. The Morgan fingerprint density at radius 3 is 2.56 bits per heavy atom. The summed E-state index contributed by atoms with van der Waals surface area (Å²) in [6.07, 6.45) is 1.22. The maximum absolute atomic E-state index is 14.0. The van der Waals surface area contributed by atoms with Gasteiger partial charge in [-0.05, 0) is 46.5 Å². The fraction of sp³-hybridized carbons (Fsp3) is 0.350. The highest BCUT2D eigenvalue weighted by atomic mass is 79.9. The van der Waals surface area contributed by atoms with E-state index in [1.807, 2.05) is 30.3 Å². The number of rotatable bonds is 5. The molecule has 27 heavy (non-hydrogen) atoms. The first kappa shape index (κ1) is 20.3. The highest BCUT2D eigenvalue weighted by molar-refractivity contribution is 9.10. The molecule has 0 aliphatic carbocycles. The third-order valence-corrected chi connectivity index (χ3v) is 6.40. The molecule has 1 aliphatic heterocycles. The maximum atomic E-state index is 14.0. The van der Waals surface area contributed by atoms with E-state index >= 15 is 0 Å². The van der Waals surface area contributed by atoms with Gasteiger partial charge in [0, 0.05) is 24.2 Å². The van der Waals surface area contributed by atoms with Crippen molar-refractivity contribution >= 4 is 33.4 Å². The van der Waals surface area contributed by atoms with E-state index in [9.17, 15) is 14.3 Å². The molecule has 1 atom stereocenters. The zero-order valence-corrected chi connectivity index (χ0v) is 16.9. The van der Waals surface area contributed by atoms with Gasteiger partial charge < -0.3 is 15.2 Å². The number of carbonyl (C=O) groups excluding carboxylic acids is 1. The van der Waals surface area contributed by atoms with Crippen LogP contribution in [0.2, 0.25) is 5.02 Å². The Bertz CT molecular complexity index is 789. The number of carbonyl (C=O) groups is 1. The molecule has 1 heterocycles. The lowest BCUT2D eigenvalue weighted by atomic mass is 9.71. The van der Waals surface area contributed by atoms with Crippen LogP contribution in [0.1, 0.15) is 34.8 Å². The minimum absolute atomic E-state index is 0.0916. The molecule has 1 aliphatic rings. The van der Waals surface area contributed by atoms with Gasteiger partial charge in [0.25, 0.3) is 5.91 Å². The van der Waals surface area contributed by atoms with Crippen molar-refractivity contribution in [2.75, 3.05) is 19.8 Å². The summed E-state index contributed by atoms with van der Waals surface area (Å²) in [6.45, 7) is 0.933. The average Bonchev–Trinajstić information content (AvgIpc) is 2.70. The quantitative estimate of drug-likeness (QED) is 0.651. The van der Waals surface area contributed by atoms with E-state index in [-0.39, 0.29) is 21.7 Å². The van der Waals surface area contributed by atoms with Crippen LogP contribution in [0.4, 0.5) is 4.39 Å². The fourth-order valence-corrected chi connectivity index (χ4v) is 3.89. The fourth-order valence-electron chi connectivity index (χ4n) is 3.45. The molecular formula is C20H20BrClFNO3. The summed E-state index contributed by atoms with van der Waals surface area (Å²) in [5, 5.41) is 13.3. The van der Waals surface area contributed by atoms with Crippen molar-refractivity contribution in [1.82, 2.24) is 5.32 Å². The highest BCUT2D eigenvalue weighted by Gasteiger charge is 2.41. The molecule has 1 amide bonds. The van der Waals surface area contributed by atoms with Gasteiger partial charge >= 0.3 is 0 Å². The van der Waals surface area contributed by atoms with Crippen LogP contribution in [0.25, 0.3) is 0 Å². The summed E-state index contributed by atoms with van der Waals surface area (Å²) in [6, 6.07) is 11.6. The molecule has 0 spiro atoms. The Kier molecular flexibility index (Phi) is 6.52. The molecule has 2 N–H and O–H groups in total. The zero-order chi connectivity index (χ0) is 19.4. The molecule has 3 rings (SSSR count). The van der Waals surface area contributed by atoms with Gasteiger partial charge in [-0.2, -0.15) is 0 Å². The second-order valence-corrected chi connectivity index (χ2v) is 7.90. The Hall–Kier alpha value is -1.47. The van der Waals surface area contributed by atoms with E-state index in [1.165, 1.54) is 6.07 Å². The van der Waals surface area contributed by atoms with Gasteiger partial charge in [0.05, 0.1) is 22.1 Å². The maximum Gasteiger partial charge on any atom is 0.251 e. The zero-order valence-electron chi connectivity index (χ0n) is 14.6. The molecular weight excluding hydrogens is 437 g/mol. The second kappa shape index (κ2) is 8.69. The summed E-state index contributed by atoms with van der Waals surface area (Å²) >= 11 is 9.04. The van der Waals surface area contributed by atoms with Crippen molar-refractivity contribution in [3.05, 3.63) is 68.9 Å². The number of aliphatic hydroxyl groups is 1. The number of aliphatic hydroxyl groups excluding tert-OH is 1. The van der Waals surface area contributed by atoms with Crippen LogP contribution >= 0.6 is 27.5 Å². The van der Waals surface area contributed by atoms with Crippen LogP contribution in [-0.4, -0.2) is 30.8 Å². The van der Waals surface area contributed by atoms with E-state index < -0.39 is 23.2 Å². The number of amides is 1. The van der Waals surface area contributed by atoms with Crippen molar-refractivity contribution < 1.29 is 19.0 Å². The Labute approximate surface area is 170 Å². The van der Waals surface area contributed by atoms with E-state index in [0.29, 0.717) is 26.1 Å². The van der Waals surface area contributed by atoms with Crippen LogP contribution in [0.3, 0.4) is 0 Å². The molecule has 1 unspecified atom stereocenters. The molecule has 4 nitrogen and oxygen atoms in total. The van der Waals surface area contributed by atoms with E-state index in [2.05, 4.69) is 21.2 Å². The van der Waals surface area contributed by atoms with Crippen LogP contribution in [0.15, 0.2) is 46.9 Å². The van der Waals surface area contributed by atoms with Crippen LogP contribution in [-0.2, 0) is 4.74 Å². The van der Waals surface area contributed by atoms with Gasteiger partial charge in [0.2, 0.25) is 0 Å². The van der Waals surface area contributed by atoms with Crippen LogP contribution < -0.4 is 5.32 Å². The van der Waals surface area contributed by atoms with Crippen molar-refractivity contribution in [2.24, 2.45) is 5.41 Å². The van der Waals surface area contributed by atoms with Crippen LogP contribution in [0.5, 0.6) is 0 Å². The number of ether oxygens (including phenoxy) is 1.